The number of nitro benzene ring substituents is 1. The first kappa shape index (κ1) is 13.5. The van der Waals surface area contributed by atoms with E-state index in [0.29, 0.717) is 12.1 Å². The highest BCUT2D eigenvalue weighted by Crippen LogP contribution is 2.25. The van der Waals surface area contributed by atoms with Crippen molar-refractivity contribution >= 4 is 11.6 Å². The Kier molecular flexibility index (Phi) is 4.14. The Labute approximate surface area is 112 Å². The van der Waals surface area contributed by atoms with Crippen LogP contribution in [-0.2, 0) is 0 Å². The average molecular weight is 262 g/mol. The second-order valence-corrected chi connectivity index (χ2v) is 4.84. The van der Waals surface area contributed by atoms with Crippen LogP contribution in [0.15, 0.2) is 24.3 Å². The van der Waals surface area contributed by atoms with Crippen LogP contribution in [0.1, 0.15) is 43.0 Å². The summed E-state index contributed by atoms with van der Waals surface area (Å²) in [5.41, 5.74) is 0.372. The molecule has 0 bridgehead atoms. The number of hydrogen-bond donors (Lipinski definition) is 0. The van der Waals surface area contributed by atoms with Crippen LogP contribution in [0.2, 0.25) is 0 Å². The lowest BCUT2D eigenvalue weighted by Gasteiger charge is -2.27. The Hall–Kier alpha value is -1.91. The van der Waals surface area contributed by atoms with Crippen molar-refractivity contribution in [3.05, 3.63) is 39.9 Å². The SMILES string of the molecule is CCN(C(=O)c1cccc([N+](=O)[O-])c1)C1CCCC1. The molecule has 0 saturated heterocycles. The van der Waals surface area contributed by atoms with Crippen molar-refractivity contribution in [3.63, 3.8) is 0 Å². The van der Waals surface area contributed by atoms with Gasteiger partial charge >= 0.3 is 0 Å². The summed E-state index contributed by atoms with van der Waals surface area (Å²) in [7, 11) is 0. The van der Waals surface area contributed by atoms with Gasteiger partial charge in [0.2, 0.25) is 0 Å². The van der Waals surface area contributed by atoms with Crippen molar-refractivity contribution in [1.82, 2.24) is 4.90 Å². The number of benzene rings is 1. The molecule has 1 fully saturated rings. The molecule has 102 valence electrons. The highest BCUT2D eigenvalue weighted by molar-refractivity contribution is 5.95. The summed E-state index contributed by atoms with van der Waals surface area (Å²) in [6.45, 7) is 2.60. The van der Waals surface area contributed by atoms with Gasteiger partial charge in [-0.3, -0.25) is 14.9 Å². The van der Waals surface area contributed by atoms with E-state index >= 15 is 0 Å². The molecule has 0 radical (unpaired) electrons. The quantitative estimate of drug-likeness (QED) is 0.619. The number of nitro groups is 1. The molecule has 1 saturated carbocycles. The van der Waals surface area contributed by atoms with Crippen LogP contribution in [0.4, 0.5) is 5.69 Å². The van der Waals surface area contributed by atoms with Crippen molar-refractivity contribution in [2.24, 2.45) is 0 Å². The molecule has 1 aliphatic rings. The standard InChI is InChI=1S/C14H18N2O3/c1-2-15(12-7-3-4-8-12)14(17)11-6-5-9-13(10-11)16(18)19/h5-6,9-10,12H,2-4,7-8H2,1H3. The maximum absolute atomic E-state index is 12.4. The fourth-order valence-corrected chi connectivity index (χ4v) is 2.70. The number of rotatable bonds is 4. The zero-order valence-electron chi connectivity index (χ0n) is 11.0. The summed E-state index contributed by atoms with van der Waals surface area (Å²) in [5.74, 6) is -0.0990. The van der Waals surface area contributed by atoms with Crippen LogP contribution in [0.5, 0.6) is 0 Å². The second-order valence-electron chi connectivity index (χ2n) is 4.84. The Morgan fingerprint density at radius 3 is 2.68 bits per heavy atom. The fourth-order valence-electron chi connectivity index (χ4n) is 2.70. The molecule has 0 heterocycles. The number of amides is 1. The maximum Gasteiger partial charge on any atom is 0.270 e. The van der Waals surface area contributed by atoms with E-state index in [1.165, 1.54) is 12.1 Å². The van der Waals surface area contributed by atoms with Gasteiger partial charge in [-0.1, -0.05) is 18.9 Å². The highest BCUT2D eigenvalue weighted by Gasteiger charge is 2.26. The van der Waals surface area contributed by atoms with Gasteiger partial charge in [0, 0.05) is 30.3 Å². The van der Waals surface area contributed by atoms with E-state index in [9.17, 15) is 14.9 Å². The van der Waals surface area contributed by atoms with Crippen molar-refractivity contribution in [2.75, 3.05) is 6.54 Å². The predicted octanol–water partition coefficient (Wildman–Crippen LogP) is 3.00. The lowest BCUT2D eigenvalue weighted by atomic mass is 10.1. The summed E-state index contributed by atoms with van der Waals surface area (Å²) >= 11 is 0. The minimum absolute atomic E-state index is 0.0340. The Morgan fingerprint density at radius 2 is 2.11 bits per heavy atom. The van der Waals surface area contributed by atoms with Crippen molar-refractivity contribution < 1.29 is 9.72 Å². The third kappa shape index (κ3) is 2.92. The van der Waals surface area contributed by atoms with E-state index in [2.05, 4.69) is 0 Å². The van der Waals surface area contributed by atoms with Gasteiger partial charge in [0.25, 0.3) is 11.6 Å². The molecule has 5 heteroatoms. The van der Waals surface area contributed by atoms with Gasteiger partial charge in [-0.25, -0.2) is 0 Å². The fraction of sp³-hybridized carbons (Fsp3) is 0.500. The molecule has 19 heavy (non-hydrogen) atoms. The molecule has 0 N–H and O–H groups in total. The number of nitrogens with zero attached hydrogens (tertiary/aromatic N) is 2. The van der Waals surface area contributed by atoms with Gasteiger partial charge in [0.05, 0.1) is 4.92 Å². The van der Waals surface area contributed by atoms with E-state index in [1.807, 2.05) is 11.8 Å². The summed E-state index contributed by atoms with van der Waals surface area (Å²) in [6.07, 6.45) is 4.38. The van der Waals surface area contributed by atoms with Crippen LogP contribution in [-0.4, -0.2) is 28.3 Å². The predicted molar refractivity (Wildman–Crippen MR) is 72.1 cm³/mol. The number of carbonyl (C=O) groups excluding carboxylic acids is 1. The second kappa shape index (κ2) is 5.82. The number of non-ortho nitro benzene ring substituents is 1. The van der Waals surface area contributed by atoms with Gasteiger partial charge in [-0.2, -0.15) is 0 Å². The minimum Gasteiger partial charge on any atom is -0.336 e. The summed E-state index contributed by atoms with van der Waals surface area (Å²) in [5, 5.41) is 10.8. The first-order valence-electron chi connectivity index (χ1n) is 6.69. The Balaban J connectivity index is 2.21. The van der Waals surface area contributed by atoms with Crippen molar-refractivity contribution in [1.29, 1.82) is 0 Å². The lowest BCUT2D eigenvalue weighted by Crippen LogP contribution is -2.38. The van der Waals surface area contributed by atoms with Crippen molar-refractivity contribution in [2.45, 2.75) is 38.6 Å². The lowest BCUT2D eigenvalue weighted by molar-refractivity contribution is -0.384. The van der Waals surface area contributed by atoms with Crippen LogP contribution in [0, 0.1) is 10.1 Å². The van der Waals surface area contributed by atoms with E-state index < -0.39 is 4.92 Å². The molecule has 5 nitrogen and oxygen atoms in total. The van der Waals surface area contributed by atoms with E-state index in [0.717, 1.165) is 25.7 Å². The van der Waals surface area contributed by atoms with Crippen LogP contribution in [0.3, 0.4) is 0 Å². The minimum atomic E-state index is -0.470. The molecular weight excluding hydrogens is 244 g/mol. The van der Waals surface area contributed by atoms with Crippen LogP contribution < -0.4 is 0 Å². The van der Waals surface area contributed by atoms with Crippen molar-refractivity contribution in [3.8, 4) is 0 Å². The third-order valence-electron chi connectivity index (χ3n) is 3.67. The van der Waals surface area contributed by atoms with E-state index in [4.69, 9.17) is 0 Å². The summed E-state index contributed by atoms with van der Waals surface area (Å²) in [6, 6.07) is 6.26. The molecule has 1 aliphatic carbocycles. The molecule has 0 unspecified atom stereocenters. The Morgan fingerprint density at radius 1 is 1.42 bits per heavy atom. The summed E-state index contributed by atoms with van der Waals surface area (Å²) in [4.78, 5) is 24.6. The molecule has 0 atom stereocenters. The van der Waals surface area contributed by atoms with E-state index in [-0.39, 0.29) is 17.6 Å². The van der Waals surface area contributed by atoms with Gasteiger partial charge in [-0.05, 0) is 25.8 Å². The zero-order valence-corrected chi connectivity index (χ0v) is 11.0. The summed E-state index contributed by atoms with van der Waals surface area (Å²) < 4.78 is 0. The number of hydrogen-bond acceptors (Lipinski definition) is 3. The van der Waals surface area contributed by atoms with Gasteiger partial charge in [-0.15, -0.1) is 0 Å². The molecule has 1 aromatic rings. The topological polar surface area (TPSA) is 63.5 Å². The van der Waals surface area contributed by atoms with Gasteiger partial charge in [0.1, 0.15) is 0 Å². The van der Waals surface area contributed by atoms with E-state index in [1.54, 1.807) is 12.1 Å². The zero-order chi connectivity index (χ0) is 13.8. The third-order valence-corrected chi connectivity index (χ3v) is 3.67. The maximum atomic E-state index is 12.4. The normalized spacial score (nSPS) is 15.4. The molecule has 0 spiro atoms. The highest BCUT2D eigenvalue weighted by atomic mass is 16.6. The molecule has 1 aromatic carbocycles. The van der Waals surface area contributed by atoms with Gasteiger partial charge in [0.15, 0.2) is 0 Å². The monoisotopic (exact) mass is 262 g/mol. The molecule has 2 rings (SSSR count). The average Bonchev–Trinajstić information content (AvgIpc) is 2.93. The smallest absolute Gasteiger partial charge is 0.270 e. The number of carbonyl (C=O) groups is 1. The largest absolute Gasteiger partial charge is 0.336 e. The van der Waals surface area contributed by atoms with Crippen LogP contribution >= 0.6 is 0 Å². The Bertz CT molecular complexity index is 481. The first-order chi connectivity index (χ1) is 9.13. The van der Waals surface area contributed by atoms with Gasteiger partial charge < -0.3 is 4.90 Å². The molecular formula is C14H18N2O3. The molecule has 0 aromatic heterocycles. The van der Waals surface area contributed by atoms with Crippen LogP contribution in [0.25, 0.3) is 0 Å². The first-order valence-corrected chi connectivity index (χ1v) is 6.69. The molecule has 0 aliphatic heterocycles. The molecule has 1 amide bonds.